The Morgan fingerprint density at radius 2 is 2.06 bits per heavy atom. The molecule has 0 atom stereocenters. The Balaban J connectivity index is 2.24. The van der Waals surface area contributed by atoms with Gasteiger partial charge in [-0.05, 0) is 38.5 Å². The average Bonchev–Trinajstić information content (AvgIpc) is 2.75. The van der Waals surface area contributed by atoms with Crippen LogP contribution in [-0.2, 0) is 0 Å². The van der Waals surface area contributed by atoms with E-state index in [2.05, 4.69) is 20.7 Å². The number of carbonyl (C=O) groups is 1. The number of aromatic amines is 1. The molecule has 1 amide bonds. The Kier molecular flexibility index (Phi) is 2.83. The van der Waals surface area contributed by atoms with Crippen LogP contribution >= 0.6 is 0 Å². The summed E-state index contributed by atoms with van der Waals surface area (Å²) >= 11 is 0. The molecule has 0 spiro atoms. The molecule has 2 rings (SSSR count). The summed E-state index contributed by atoms with van der Waals surface area (Å²) in [5.41, 5.74) is 1.87. The number of rotatable bonds is 3. The highest BCUT2D eigenvalue weighted by Crippen LogP contribution is 2.13. The quantitative estimate of drug-likeness (QED) is 0.848. The minimum Gasteiger partial charge on any atom is -0.347 e. The number of nitrogens with one attached hydrogen (secondary N) is 2. The fourth-order valence-corrected chi connectivity index (χ4v) is 1.45. The van der Waals surface area contributed by atoms with Crippen molar-refractivity contribution in [3.8, 4) is 0 Å². The van der Waals surface area contributed by atoms with Gasteiger partial charge in [0.1, 0.15) is 11.0 Å². The molecule has 90 valence electrons. The van der Waals surface area contributed by atoms with Crippen LogP contribution in [0.2, 0.25) is 0 Å². The molecule has 0 fully saturated rings. The Morgan fingerprint density at radius 3 is 2.76 bits per heavy atom. The molecule has 5 nitrogen and oxygen atoms in total. The molecule has 17 heavy (non-hydrogen) atoms. The highest BCUT2D eigenvalue weighted by molar-refractivity contribution is 5.97. The van der Waals surface area contributed by atoms with Gasteiger partial charge in [0, 0.05) is 11.1 Å². The van der Waals surface area contributed by atoms with Crippen LogP contribution in [0.5, 0.6) is 0 Å². The molecule has 1 aromatic carbocycles. The fourth-order valence-electron chi connectivity index (χ4n) is 1.45. The summed E-state index contributed by atoms with van der Waals surface area (Å²) in [6.45, 7) is 6.04. The van der Waals surface area contributed by atoms with Crippen LogP contribution in [0.1, 0.15) is 37.6 Å². The van der Waals surface area contributed by atoms with Crippen LogP contribution in [0.4, 0.5) is 0 Å². The molecule has 2 N–H and O–H groups in total. The van der Waals surface area contributed by atoms with Gasteiger partial charge in [-0.15, -0.1) is 0 Å². The molecular formula is C12H16N4O. The average molecular weight is 232 g/mol. The van der Waals surface area contributed by atoms with E-state index in [-0.39, 0.29) is 11.4 Å². The van der Waals surface area contributed by atoms with E-state index in [1.165, 1.54) is 0 Å². The van der Waals surface area contributed by atoms with E-state index in [4.69, 9.17) is 0 Å². The molecule has 5 heteroatoms. The van der Waals surface area contributed by atoms with Gasteiger partial charge >= 0.3 is 0 Å². The number of hydrogen-bond acceptors (Lipinski definition) is 3. The number of aromatic nitrogens is 3. The molecule has 0 aliphatic heterocycles. The van der Waals surface area contributed by atoms with Crippen LogP contribution in [0.15, 0.2) is 18.2 Å². The van der Waals surface area contributed by atoms with Gasteiger partial charge in [-0.2, -0.15) is 15.4 Å². The second kappa shape index (κ2) is 4.16. The number of carbonyl (C=O) groups excluding carboxylic acids is 1. The van der Waals surface area contributed by atoms with Crippen LogP contribution in [0, 0.1) is 0 Å². The Hall–Kier alpha value is -1.91. The molecule has 0 radical (unpaired) electrons. The largest absolute Gasteiger partial charge is 0.347 e. The van der Waals surface area contributed by atoms with Crippen molar-refractivity contribution in [3.05, 3.63) is 23.8 Å². The molecule has 0 aliphatic carbocycles. The first-order chi connectivity index (χ1) is 8.02. The van der Waals surface area contributed by atoms with E-state index in [1.807, 2.05) is 20.8 Å². The highest BCUT2D eigenvalue weighted by atomic mass is 16.1. The van der Waals surface area contributed by atoms with E-state index in [0.29, 0.717) is 11.1 Å². The third kappa shape index (κ3) is 2.43. The van der Waals surface area contributed by atoms with Crippen molar-refractivity contribution in [2.24, 2.45) is 0 Å². The molecule has 0 saturated carbocycles. The van der Waals surface area contributed by atoms with Gasteiger partial charge in [-0.1, -0.05) is 6.92 Å². The van der Waals surface area contributed by atoms with Crippen LogP contribution in [0.3, 0.4) is 0 Å². The summed E-state index contributed by atoms with van der Waals surface area (Å²) in [5.74, 6) is -0.0817. The topological polar surface area (TPSA) is 70.7 Å². The first kappa shape index (κ1) is 11.6. The standard InChI is InChI=1S/C12H16N4O/c1-4-12(2,3)13-11(17)8-5-6-9-10(7-8)15-16-14-9/h5-7H,4H2,1-3H3,(H,13,17)(H,14,15,16). The van der Waals surface area contributed by atoms with Gasteiger partial charge in [0.2, 0.25) is 0 Å². The van der Waals surface area contributed by atoms with Crippen molar-refractivity contribution in [2.45, 2.75) is 32.7 Å². The summed E-state index contributed by atoms with van der Waals surface area (Å²) < 4.78 is 0. The van der Waals surface area contributed by atoms with Crippen molar-refractivity contribution in [3.63, 3.8) is 0 Å². The first-order valence-corrected chi connectivity index (χ1v) is 5.65. The van der Waals surface area contributed by atoms with Crippen LogP contribution in [-0.4, -0.2) is 26.9 Å². The Labute approximate surface area is 99.6 Å². The minimum absolute atomic E-state index is 0.0817. The van der Waals surface area contributed by atoms with Crippen molar-refractivity contribution >= 4 is 16.9 Å². The second-order valence-electron chi connectivity index (χ2n) is 4.72. The SMILES string of the molecule is CCC(C)(C)NC(=O)c1ccc2n[nH]nc2c1. The Morgan fingerprint density at radius 1 is 1.35 bits per heavy atom. The van der Waals surface area contributed by atoms with E-state index >= 15 is 0 Å². The van der Waals surface area contributed by atoms with Gasteiger partial charge in [0.15, 0.2) is 0 Å². The maximum absolute atomic E-state index is 12.0. The normalized spacial score (nSPS) is 11.7. The third-order valence-corrected chi connectivity index (χ3v) is 2.91. The number of benzene rings is 1. The van der Waals surface area contributed by atoms with Crippen LogP contribution in [0.25, 0.3) is 11.0 Å². The number of amides is 1. The van der Waals surface area contributed by atoms with Gasteiger partial charge in [-0.3, -0.25) is 4.79 Å². The molecule has 0 bridgehead atoms. The van der Waals surface area contributed by atoms with Crippen molar-refractivity contribution in [1.82, 2.24) is 20.7 Å². The number of nitrogens with zero attached hydrogens (tertiary/aromatic N) is 2. The number of H-pyrrole nitrogens is 1. The second-order valence-corrected chi connectivity index (χ2v) is 4.72. The lowest BCUT2D eigenvalue weighted by Gasteiger charge is -2.24. The van der Waals surface area contributed by atoms with E-state index in [1.54, 1.807) is 18.2 Å². The monoisotopic (exact) mass is 232 g/mol. The van der Waals surface area contributed by atoms with Gasteiger partial charge in [0.05, 0.1) is 0 Å². The molecule has 1 aromatic heterocycles. The van der Waals surface area contributed by atoms with Crippen LogP contribution < -0.4 is 5.32 Å². The lowest BCUT2D eigenvalue weighted by Crippen LogP contribution is -2.42. The predicted molar refractivity (Wildman–Crippen MR) is 65.7 cm³/mol. The van der Waals surface area contributed by atoms with E-state index < -0.39 is 0 Å². The number of fused-ring (bicyclic) bond motifs is 1. The van der Waals surface area contributed by atoms with Crippen molar-refractivity contribution < 1.29 is 4.79 Å². The van der Waals surface area contributed by atoms with Crippen molar-refractivity contribution in [2.75, 3.05) is 0 Å². The first-order valence-electron chi connectivity index (χ1n) is 5.65. The molecule has 0 aliphatic rings. The predicted octanol–water partition coefficient (Wildman–Crippen LogP) is 1.88. The lowest BCUT2D eigenvalue weighted by molar-refractivity contribution is 0.0911. The number of hydrogen-bond donors (Lipinski definition) is 2. The molecule has 0 unspecified atom stereocenters. The van der Waals surface area contributed by atoms with E-state index in [0.717, 1.165) is 11.9 Å². The third-order valence-electron chi connectivity index (χ3n) is 2.91. The minimum atomic E-state index is -0.199. The zero-order chi connectivity index (χ0) is 12.5. The smallest absolute Gasteiger partial charge is 0.251 e. The zero-order valence-corrected chi connectivity index (χ0v) is 10.2. The molecular weight excluding hydrogens is 216 g/mol. The molecule has 0 saturated heterocycles. The summed E-state index contributed by atoms with van der Waals surface area (Å²) in [4.78, 5) is 12.0. The summed E-state index contributed by atoms with van der Waals surface area (Å²) in [6, 6.07) is 5.28. The van der Waals surface area contributed by atoms with Crippen molar-refractivity contribution in [1.29, 1.82) is 0 Å². The van der Waals surface area contributed by atoms with Gasteiger partial charge in [-0.25, -0.2) is 0 Å². The zero-order valence-electron chi connectivity index (χ0n) is 10.2. The molecule has 2 aromatic rings. The summed E-state index contributed by atoms with van der Waals surface area (Å²) in [5, 5.41) is 13.4. The lowest BCUT2D eigenvalue weighted by atomic mass is 10.0. The Bertz CT molecular complexity index is 544. The van der Waals surface area contributed by atoms with Gasteiger partial charge in [0.25, 0.3) is 5.91 Å². The fraction of sp³-hybridized carbons (Fsp3) is 0.417. The molecule has 1 heterocycles. The highest BCUT2D eigenvalue weighted by Gasteiger charge is 2.19. The maximum Gasteiger partial charge on any atom is 0.251 e. The van der Waals surface area contributed by atoms with Gasteiger partial charge < -0.3 is 5.32 Å². The van der Waals surface area contributed by atoms with E-state index in [9.17, 15) is 4.79 Å². The summed E-state index contributed by atoms with van der Waals surface area (Å²) in [6.07, 6.45) is 0.880. The maximum atomic E-state index is 12.0. The summed E-state index contributed by atoms with van der Waals surface area (Å²) in [7, 11) is 0.